The Hall–Kier alpha value is -0.880. The third-order valence-electron chi connectivity index (χ3n) is 2.00. The molecule has 0 spiro atoms. The van der Waals surface area contributed by atoms with E-state index in [1.165, 1.54) is 0 Å². The zero-order valence-electron chi connectivity index (χ0n) is 10.6. The first-order valence-electron chi connectivity index (χ1n) is 5.38. The normalized spacial score (nSPS) is 11.3. The molecule has 0 aromatic heterocycles. The molecule has 0 saturated carbocycles. The minimum atomic E-state index is -1.03. The third-order valence-corrected chi connectivity index (χ3v) is 2.94. The number of rotatable bonds is 2. The number of hydrogen-bond donors (Lipinski definition) is 1. The van der Waals surface area contributed by atoms with Crippen molar-refractivity contribution in [3.63, 3.8) is 0 Å². The third kappa shape index (κ3) is 4.31. The highest BCUT2D eigenvalue weighted by Crippen LogP contribution is 2.30. The highest BCUT2D eigenvalue weighted by atomic mass is 79.9. The van der Waals surface area contributed by atoms with Crippen LogP contribution >= 0.6 is 27.5 Å². The van der Waals surface area contributed by atoms with E-state index >= 15 is 0 Å². The fraction of sp³-hybridized carbons (Fsp3) is 0.417. The molecule has 0 saturated heterocycles. The Morgan fingerprint density at radius 3 is 2.47 bits per heavy atom. The Balaban J connectivity index is 3.02. The van der Waals surface area contributed by atoms with Gasteiger partial charge in [0.25, 0.3) is 0 Å². The van der Waals surface area contributed by atoms with Gasteiger partial charge in [0.2, 0.25) is 0 Å². The molecule has 0 aliphatic rings. The molecule has 0 aliphatic carbocycles. The van der Waals surface area contributed by atoms with Crippen LogP contribution in [0.1, 0.15) is 26.3 Å². The summed E-state index contributed by atoms with van der Waals surface area (Å²) >= 11 is 8.57. The number of ether oxygens (including phenoxy) is 1. The lowest BCUT2D eigenvalue weighted by Crippen LogP contribution is -2.27. The topological polar surface area (TPSA) is 38.3 Å². The first-order chi connectivity index (χ1) is 8.65. The average molecular weight is 357 g/mol. The largest absolute Gasteiger partial charge is 0.444 e. The van der Waals surface area contributed by atoms with Gasteiger partial charge in [-0.25, -0.2) is 13.6 Å². The molecule has 0 heterocycles. The summed E-state index contributed by atoms with van der Waals surface area (Å²) in [5.41, 5.74) is -0.810. The fourth-order valence-corrected chi connectivity index (χ4v) is 1.89. The number of benzene rings is 1. The van der Waals surface area contributed by atoms with Crippen molar-refractivity contribution in [3.8, 4) is 0 Å². The van der Waals surface area contributed by atoms with E-state index in [1.807, 2.05) is 0 Å². The Labute approximate surface area is 123 Å². The minimum Gasteiger partial charge on any atom is -0.444 e. The number of carbonyl (C=O) groups is 1. The van der Waals surface area contributed by atoms with Crippen LogP contribution in [0.25, 0.3) is 0 Å². The van der Waals surface area contributed by atoms with Gasteiger partial charge < -0.3 is 4.74 Å². The number of anilines is 1. The van der Waals surface area contributed by atoms with E-state index in [-0.39, 0.29) is 16.6 Å². The van der Waals surface area contributed by atoms with Crippen LogP contribution in [-0.4, -0.2) is 11.7 Å². The number of alkyl halides is 1. The average Bonchev–Trinajstić information content (AvgIpc) is 2.27. The molecule has 0 fully saturated rings. The van der Waals surface area contributed by atoms with Crippen molar-refractivity contribution < 1.29 is 18.3 Å². The van der Waals surface area contributed by atoms with E-state index in [1.54, 1.807) is 20.8 Å². The number of hydrogen-bond acceptors (Lipinski definition) is 2. The van der Waals surface area contributed by atoms with Gasteiger partial charge in [0.05, 0.1) is 5.69 Å². The molecule has 1 aromatic carbocycles. The monoisotopic (exact) mass is 355 g/mol. The summed E-state index contributed by atoms with van der Waals surface area (Å²) < 4.78 is 32.2. The van der Waals surface area contributed by atoms with E-state index in [2.05, 4.69) is 21.2 Å². The summed E-state index contributed by atoms with van der Waals surface area (Å²) in [7, 11) is 0. The van der Waals surface area contributed by atoms with Gasteiger partial charge >= 0.3 is 6.09 Å². The zero-order valence-corrected chi connectivity index (χ0v) is 13.0. The lowest BCUT2D eigenvalue weighted by molar-refractivity contribution is 0.0635. The molecular formula is C12H13BrClF2NO2. The van der Waals surface area contributed by atoms with Gasteiger partial charge in [-0.15, -0.1) is 0 Å². The number of carbonyl (C=O) groups excluding carboxylic acids is 1. The van der Waals surface area contributed by atoms with Crippen LogP contribution in [0.4, 0.5) is 19.3 Å². The maximum atomic E-state index is 13.7. The summed E-state index contributed by atoms with van der Waals surface area (Å²) in [6.45, 7) is 5.01. The maximum Gasteiger partial charge on any atom is 0.412 e. The van der Waals surface area contributed by atoms with Gasteiger partial charge in [0, 0.05) is 10.9 Å². The summed E-state index contributed by atoms with van der Waals surface area (Å²) in [4.78, 5) is 11.5. The van der Waals surface area contributed by atoms with Crippen LogP contribution < -0.4 is 5.32 Å². The first-order valence-corrected chi connectivity index (χ1v) is 6.88. The summed E-state index contributed by atoms with van der Waals surface area (Å²) in [6.07, 6.45) is -0.838. The van der Waals surface area contributed by atoms with Gasteiger partial charge in [0.15, 0.2) is 5.82 Å². The van der Waals surface area contributed by atoms with Crippen molar-refractivity contribution in [2.75, 3.05) is 5.32 Å². The zero-order chi connectivity index (χ0) is 14.8. The van der Waals surface area contributed by atoms with Gasteiger partial charge in [-0.3, -0.25) is 5.32 Å². The highest BCUT2D eigenvalue weighted by molar-refractivity contribution is 9.08. The summed E-state index contributed by atoms with van der Waals surface area (Å²) in [5, 5.41) is 1.68. The molecular weight excluding hydrogens is 343 g/mol. The highest BCUT2D eigenvalue weighted by Gasteiger charge is 2.21. The summed E-state index contributed by atoms with van der Waals surface area (Å²) in [5.74, 6) is -1.89. The van der Waals surface area contributed by atoms with Crippen molar-refractivity contribution in [1.29, 1.82) is 0 Å². The Morgan fingerprint density at radius 1 is 1.42 bits per heavy atom. The van der Waals surface area contributed by atoms with Gasteiger partial charge in [-0.2, -0.15) is 0 Å². The molecule has 1 aromatic rings. The van der Waals surface area contributed by atoms with Crippen molar-refractivity contribution in [2.45, 2.75) is 31.7 Å². The summed E-state index contributed by atoms with van der Waals surface area (Å²) in [6, 6.07) is 1.16. The second-order valence-corrected chi connectivity index (χ2v) is 5.72. The molecule has 106 valence electrons. The number of nitrogens with one attached hydrogen (secondary N) is 1. The second kappa shape index (κ2) is 6.05. The number of halogens is 4. The fourth-order valence-electron chi connectivity index (χ4n) is 1.26. The standard InChI is InChI=1S/C12H13BrClF2NO2/c1-12(2,3)19-11(18)17-7-4-6(5-13)9(15)8(14)10(7)16/h4H,5H2,1-3H3,(H,17,18). The SMILES string of the molecule is CC(C)(C)OC(=O)Nc1cc(CBr)c(F)c(Cl)c1F. The first kappa shape index (κ1) is 16.2. The predicted octanol–water partition coefficient (Wildman–Crippen LogP) is 4.86. The molecule has 3 nitrogen and oxygen atoms in total. The van der Waals surface area contributed by atoms with Crippen LogP contribution in [0.15, 0.2) is 6.07 Å². The van der Waals surface area contributed by atoms with Crippen LogP contribution in [0, 0.1) is 11.6 Å². The molecule has 0 atom stereocenters. The molecule has 1 N–H and O–H groups in total. The van der Waals surface area contributed by atoms with Gasteiger partial charge in [-0.1, -0.05) is 27.5 Å². The van der Waals surface area contributed by atoms with Crippen LogP contribution in [0.3, 0.4) is 0 Å². The van der Waals surface area contributed by atoms with E-state index < -0.39 is 28.4 Å². The predicted molar refractivity (Wildman–Crippen MR) is 73.9 cm³/mol. The number of amides is 1. The van der Waals surface area contributed by atoms with E-state index in [0.717, 1.165) is 6.07 Å². The smallest absolute Gasteiger partial charge is 0.412 e. The molecule has 1 rings (SSSR count). The van der Waals surface area contributed by atoms with Gasteiger partial charge in [0.1, 0.15) is 16.4 Å². The van der Waals surface area contributed by atoms with Crippen LogP contribution in [0.2, 0.25) is 5.02 Å². The van der Waals surface area contributed by atoms with Crippen molar-refractivity contribution in [2.24, 2.45) is 0 Å². The molecule has 1 amide bonds. The molecule has 0 aliphatic heterocycles. The van der Waals surface area contributed by atoms with E-state index in [4.69, 9.17) is 16.3 Å². The molecule has 0 bridgehead atoms. The lowest BCUT2D eigenvalue weighted by Gasteiger charge is -2.20. The van der Waals surface area contributed by atoms with Crippen LogP contribution in [-0.2, 0) is 10.1 Å². The van der Waals surface area contributed by atoms with Crippen molar-refractivity contribution in [1.82, 2.24) is 0 Å². The van der Waals surface area contributed by atoms with Crippen molar-refractivity contribution in [3.05, 3.63) is 28.3 Å². The van der Waals surface area contributed by atoms with Gasteiger partial charge in [-0.05, 0) is 26.8 Å². The van der Waals surface area contributed by atoms with E-state index in [0.29, 0.717) is 0 Å². The Kier molecular flexibility index (Phi) is 5.15. The van der Waals surface area contributed by atoms with E-state index in [9.17, 15) is 13.6 Å². The molecule has 7 heteroatoms. The quantitative estimate of drug-likeness (QED) is 0.607. The minimum absolute atomic E-state index is 0.137. The lowest BCUT2D eigenvalue weighted by atomic mass is 10.2. The molecule has 19 heavy (non-hydrogen) atoms. The molecule has 0 radical (unpaired) electrons. The Morgan fingerprint density at radius 2 is 2.00 bits per heavy atom. The van der Waals surface area contributed by atoms with Crippen molar-refractivity contribution >= 4 is 39.3 Å². The van der Waals surface area contributed by atoms with Crippen LogP contribution in [0.5, 0.6) is 0 Å². The Bertz CT molecular complexity index is 503. The maximum absolute atomic E-state index is 13.7. The second-order valence-electron chi connectivity index (χ2n) is 4.79. The molecule has 0 unspecified atom stereocenters.